The van der Waals surface area contributed by atoms with E-state index >= 15 is 0 Å². The van der Waals surface area contributed by atoms with Crippen molar-refractivity contribution in [3.05, 3.63) is 57.3 Å². The SMILES string of the molecule is COC(=O)c1nc(C(Cc2ccc([N+](=O)[O-])cc2)NC(=O)OC(C)(C)C)oc1C. The molecule has 0 aliphatic rings. The number of benzene rings is 1. The van der Waals surface area contributed by atoms with E-state index in [4.69, 9.17) is 9.15 Å². The number of nitrogens with one attached hydrogen (secondary N) is 1. The number of aromatic nitrogens is 1. The summed E-state index contributed by atoms with van der Waals surface area (Å²) in [5, 5.41) is 13.5. The summed E-state index contributed by atoms with van der Waals surface area (Å²) in [4.78, 5) is 38.6. The number of rotatable bonds is 6. The van der Waals surface area contributed by atoms with Gasteiger partial charge in [-0.15, -0.1) is 0 Å². The van der Waals surface area contributed by atoms with Crippen LogP contribution in [-0.4, -0.2) is 34.7 Å². The van der Waals surface area contributed by atoms with E-state index in [1.165, 1.54) is 19.2 Å². The minimum Gasteiger partial charge on any atom is -0.464 e. The molecule has 0 spiro atoms. The van der Waals surface area contributed by atoms with E-state index in [1.54, 1.807) is 39.8 Å². The highest BCUT2D eigenvalue weighted by atomic mass is 16.6. The maximum atomic E-state index is 12.3. The quantitative estimate of drug-likeness (QED) is 0.438. The van der Waals surface area contributed by atoms with Crippen LogP contribution in [0.3, 0.4) is 0 Å². The van der Waals surface area contributed by atoms with Gasteiger partial charge in [0.05, 0.1) is 12.0 Å². The first-order valence-corrected chi connectivity index (χ1v) is 8.78. The van der Waals surface area contributed by atoms with Crippen LogP contribution in [0.1, 0.15) is 54.5 Å². The molecule has 156 valence electrons. The van der Waals surface area contributed by atoms with Crippen molar-refractivity contribution in [1.29, 1.82) is 0 Å². The first-order valence-electron chi connectivity index (χ1n) is 8.78. The average molecular weight is 405 g/mol. The van der Waals surface area contributed by atoms with Gasteiger partial charge in [-0.05, 0) is 33.3 Å². The number of ether oxygens (including phenoxy) is 2. The van der Waals surface area contributed by atoms with Crippen molar-refractivity contribution in [2.75, 3.05) is 7.11 Å². The van der Waals surface area contributed by atoms with Gasteiger partial charge in [-0.1, -0.05) is 12.1 Å². The van der Waals surface area contributed by atoms with Crippen molar-refractivity contribution in [2.24, 2.45) is 0 Å². The lowest BCUT2D eigenvalue weighted by Crippen LogP contribution is -2.36. The molecular weight excluding hydrogens is 382 g/mol. The Morgan fingerprint density at radius 3 is 2.41 bits per heavy atom. The fraction of sp³-hybridized carbons (Fsp3) is 0.421. The lowest BCUT2D eigenvalue weighted by Gasteiger charge is -2.22. The van der Waals surface area contributed by atoms with Crippen molar-refractivity contribution in [3.63, 3.8) is 0 Å². The van der Waals surface area contributed by atoms with Crippen LogP contribution in [-0.2, 0) is 15.9 Å². The summed E-state index contributed by atoms with van der Waals surface area (Å²) >= 11 is 0. The number of carbonyl (C=O) groups is 2. The molecule has 29 heavy (non-hydrogen) atoms. The maximum Gasteiger partial charge on any atom is 0.408 e. The van der Waals surface area contributed by atoms with Crippen molar-refractivity contribution in [2.45, 2.75) is 45.8 Å². The first kappa shape index (κ1) is 21.9. The largest absolute Gasteiger partial charge is 0.464 e. The third kappa shape index (κ3) is 6.03. The van der Waals surface area contributed by atoms with E-state index < -0.39 is 28.6 Å². The Hall–Kier alpha value is -3.43. The van der Waals surface area contributed by atoms with Gasteiger partial charge in [0.25, 0.3) is 5.69 Å². The molecular formula is C19H23N3O7. The van der Waals surface area contributed by atoms with Gasteiger partial charge in [0.1, 0.15) is 17.4 Å². The predicted molar refractivity (Wildman–Crippen MR) is 101 cm³/mol. The Morgan fingerprint density at radius 2 is 1.90 bits per heavy atom. The first-order chi connectivity index (χ1) is 13.5. The summed E-state index contributed by atoms with van der Waals surface area (Å²) in [6.07, 6.45) is -0.488. The second-order valence-electron chi connectivity index (χ2n) is 7.27. The fourth-order valence-electron chi connectivity index (χ4n) is 2.49. The van der Waals surface area contributed by atoms with Gasteiger partial charge in [0.2, 0.25) is 5.89 Å². The molecule has 1 unspecified atom stereocenters. The summed E-state index contributed by atoms with van der Waals surface area (Å²) in [5.74, 6) is -0.331. The monoisotopic (exact) mass is 405 g/mol. The number of nitro groups is 1. The molecule has 1 amide bonds. The zero-order valence-corrected chi connectivity index (χ0v) is 16.8. The van der Waals surface area contributed by atoms with Crippen LogP contribution >= 0.6 is 0 Å². The Bertz CT molecular complexity index is 898. The number of nitrogens with zero attached hydrogens (tertiary/aromatic N) is 2. The van der Waals surface area contributed by atoms with Gasteiger partial charge in [-0.2, -0.15) is 0 Å². The number of hydrogen-bond donors (Lipinski definition) is 1. The Balaban J connectivity index is 2.31. The molecule has 2 aromatic rings. The number of hydrogen-bond acceptors (Lipinski definition) is 8. The number of non-ortho nitro benzene ring substituents is 1. The van der Waals surface area contributed by atoms with Gasteiger partial charge in [-0.25, -0.2) is 14.6 Å². The second-order valence-corrected chi connectivity index (χ2v) is 7.27. The Kier molecular flexibility index (Phi) is 6.57. The number of nitro benzene ring substituents is 1. The van der Waals surface area contributed by atoms with Crippen molar-refractivity contribution in [1.82, 2.24) is 10.3 Å². The highest BCUT2D eigenvalue weighted by Crippen LogP contribution is 2.23. The standard InChI is InChI=1S/C19H23N3O7/c1-11-15(17(23)27-5)21-16(28-11)14(20-18(24)29-19(2,3)4)10-12-6-8-13(9-7-12)22(25)26/h6-9,14H,10H2,1-5H3,(H,20,24). The zero-order valence-electron chi connectivity index (χ0n) is 16.8. The zero-order chi connectivity index (χ0) is 21.8. The molecule has 0 aliphatic carbocycles. The lowest BCUT2D eigenvalue weighted by molar-refractivity contribution is -0.384. The van der Waals surface area contributed by atoms with Crippen LogP contribution in [0.15, 0.2) is 28.7 Å². The number of methoxy groups -OCH3 is 1. The molecule has 0 radical (unpaired) electrons. The number of esters is 1. The molecule has 1 atom stereocenters. The fourth-order valence-corrected chi connectivity index (χ4v) is 2.49. The third-order valence-corrected chi connectivity index (χ3v) is 3.77. The predicted octanol–water partition coefficient (Wildman–Crippen LogP) is 3.49. The molecule has 0 saturated carbocycles. The number of carbonyl (C=O) groups excluding carboxylic acids is 2. The summed E-state index contributed by atoms with van der Waals surface area (Å²) in [6, 6.07) is 5.09. The van der Waals surface area contributed by atoms with E-state index in [9.17, 15) is 19.7 Å². The molecule has 10 heteroatoms. The third-order valence-electron chi connectivity index (χ3n) is 3.77. The van der Waals surface area contributed by atoms with Gasteiger partial charge >= 0.3 is 12.1 Å². The van der Waals surface area contributed by atoms with Crippen LogP contribution in [0.2, 0.25) is 0 Å². The van der Waals surface area contributed by atoms with Crippen LogP contribution in [0.4, 0.5) is 10.5 Å². The molecule has 0 fully saturated rings. The van der Waals surface area contributed by atoms with Crippen LogP contribution in [0.5, 0.6) is 0 Å². The highest BCUT2D eigenvalue weighted by molar-refractivity contribution is 5.88. The second kappa shape index (κ2) is 8.72. The maximum absolute atomic E-state index is 12.3. The summed E-state index contributed by atoms with van der Waals surface area (Å²) < 4.78 is 15.5. The van der Waals surface area contributed by atoms with Gasteiger partial charge in [0.15, 0.2) is 5.69 Å². The van der Waals surface area contributed by atoms with Crippen molar-refractivity contribution >= 4 is 17.7 Å². The van der Waals surface area contributed by atoms with Crippen LogP contribution < -0.4 is 5.32 Å². The Morgan fingerprint density at radius 1 is 1.28 bits per heavy atom. The van der Waals surface area contributed by atoms with E-state index in [0.29, 0.717) is 5.56 Å². The lowest BCUT2D eigenvalue weighted by atomic mass is 10.1. The normalized spacial score (nSPS) is 12.2. The molecule has 0 bridgehead atoms. The van der Waals surface area contributed by atoms with E-state index in [2.05, 4.69) is 15.0 Å². The molecule has 0 aliphatic heterocycles. The van der Waals surface area contributed by atoms with E-state index in [0.717, 1.165) is 0 Å². The van der Waals surface area contributed by atoms with E-state index in [1.807, 2.05) is 0 Å². The highest BCUT2D eigenvalue weighted by Gasteiger charge is 2.27. The average Bonchev–Trinajstić information content (AvgIpc) is 3.01. The summed E-state index contributed by atoms with van der Waals surface area (Å²) in [7, 11) is 1.23. The summed E-state index contributed by atoms with van der Waals surface area (Å²) in [6.45, 7) is 6.73. The van der Waals surface area contributed by atoms with Crippen molar-refractivity contribution in [3.8, 4) is 0 Å². The number of oxazole rings is 1. The summed E-state index contributed by atoms with van der Waals surface area (Å²) in [5.41, 5.74) is -0.0780. The van der Waals surface area contributed by atoms with Crippen molar-refractivity contribution < 1.29 is 28.4 Å². The van der Waals surface area contributed by atoms with Gasteiger partial charge in [0, 0.05) is 18.6 Å². The van der Waals surface area contributed by atoms with Gasteiger partial charge < -0.3 is 19.2 Å². The topological polar surface area (TPSA) is 134 Å². The molecule has 1 N–H and O–H groups in total. The molecule has 10 nitrogen and oxygen atoms in total. The van der Waals surface area contributed by atoms with Gasteiger partial charge in [-0.3, -0.25) is 10.1 Å². The number of alkyl carbamates (subject to hydrolysis) is 1. The number of aryl methyl sites for hydroxylation is 1. The molecule has 1 heterocycles. The molecule has 1 aromatic carbocycles. The minimum absolute atomic E-state index is 0.00203. The van der Waals surface area contributed by atoms with Crippen LogP contribution in [0.25, 0.3) is 0 Å². The molecule has 0 saturated heterocycles. The minimum atomic E-state index is -0.775. The Labute approximate surface area is 167 Å². The number of amides is 1. The molecule has 1 aromatic heterocycles. The van der Waals surface area contributed by atoms with Crippen LogP contribution in [0, 0.1) is 17.0 Å². The smallest absolute Gasteiger partial charge is 0.408 e. The molecule has 2 rings (SSSR count). The van der Waals surface area contributed by atoms with E-state index in [-0.39, 0.29) is 29.5 Å².